The van der Waals surface area contributed by atoms with Gasteiger partial charge in [0.1, 0.15) is 5.84 Å². The van der Waals surface area contributed by atoms with Crippen LogP contribution in [0.2, 0.25) is 0 Å². The number of hydrogen-bond donors (Lipinski definition) is 1. The molecule has 23 heavy (non-hydrogen) atoms. The fourth-order valence-electron chi connectivity index (χ4n) is 2.46. The Morgan fingerprint density at radius 3 is 2.26 bits per heavy atom. The van der Waals surface area contributed by atoms with Crippen LogP contribution in [0.4, 0.5) is 0 Å². The van der Waals surface area contributed by atoms with E-state index >= 15 is 0 Å². The van der Waals surface area contributed by atoms with Crippen molar-refractivity contribution in [3.63, 3.8) is 0 Å². The second-order valence-electron chi connectivity index (χ2n) is 5.14. The summed E-state index contributed by atoms with van der Waals surface area (Å²) in [5.41, 5.74) is 2.20. The molecule has 1 aliphatic heterocycles. The van der Waals surface area contributed by atoms with E-state index in [-0.39, 0.29) is 6.17 Å². The van der Waals surface area contributed by atoms with Gasteiger partial charge in [-0.1, -0.05) is 83.9 Å². The maximum Gasteiger partial charge on any atom is 0.176 e. The summed E-state index contributed by atoms with van der Waals surface area (Å²) in [5.74, 6) is 0.483. The van der Waals surface area contributed by atoms with E-state index in [0.29, 0.717) is 17.5 Å². The smallest absolute Gasteiger partial charge is 0.176 e. The average molecular weight is 364 g/mol. The van der Waals surface area contributed by atoms with Gasteiger partial charge in [-0.2, -0.15) is 0 Å². The van der Waals surface area contributed by atoms with Gasteiger partial charge in [-0.25, -0.2) is 4.99 Å². The van der Waals surface area contributed by atoms with Gasteiger partial charge in [-0.3, -0.25) is 0 Å². The second-order valence-corrected chi connectivity index (χ2v) is 6.63. The van der Waals surface area contributed by atoms with Crippen LogP contribution in [0.5, 0.6) is 0 Å². The lowest BCUT2D eigenvalue weighted by Crippen LogP contribution is -2.50. The van der Waals surface area contributed by atoms with Crippen molar-refractivity contribution in [2.45, 2.75) is 17.5 Å². The lowest BCUT2D eigenvalue weighted by atomic mass is 10.1. The molecule has 0 radical (unpaired) electrons. The molecule has 0 saturated carbocycles. The lowest BCUT2D eigenvalue weighted by Gasteiger charge is -2.36. The number of alkyl halides is 2. The number of amidine groups is 1. The van der Waals surface area contributed by atoms with Crippen LogP contribution in [0.3, 0.4) is 0 Å². The Morgan fingerprint density at radius 1 is 1.04 bits per heavy atom. The fraction of sp³-hybridized carbons (Fsp3) is 0.176. The van der Waals surface area contributed by atoms with Gasteiger partial charge in [-0.05, 0) is 23.3 Å². The molecular formula is C17H15Cl2N3S. The van der Waals surface area contributed by atoms with Crippen molar-refractivity contribution in [3.8, 4) is 0 Å². The summed E-state index contributed by atoms with van der Waals surface area (Å²) >= 11 is 17.5. The molecule has 1 atom stereocenters. The second kappa shape index (κ2) is 7.30. The zero-order valence-electron chi connectivity index (χ0n) is 12.2. The highest BCUT2D eigenvalue weighted by molar-refractivity contribution is 7.80. The summed E-state index contributed by atoms with van der Waals surface area (Å²) in [4.78, 5) is 5.95. The average Bonchev–Trinajstić information content (AvgIpc) is 2.58. The van der Waals surface area contributed by atoms with Crippen LogP contribution in [-0.2, 0) is 6.54 Å². The molecule has 0 saturated heterocycles. The molecule has 1 aliphatic rings. The summed E-state index contributed by atoms with van der Waals surface area (Å²) in [6.07, 6.45) is -0.250. The molecule has 0 aliphatic carbocycles. The van der Waals surface area contributed by atoms with Gasteiger partial charge in [0, 0.05) is 6.54 Å². The molecule has 3 rings (SSSR count). The quantitative estimate of drug-likeness (QED) is 0.648. The van der Waals surface area contributed by atoms with Crippen LogP contribution >= 0.6 is 35.4 Å². The first kappa shape index (κ1) is 16.2. The summed E-state index contributed by atoms with van der Waals surface area (Å²) < 4.78 is 0. The molecule has 0 fully saturated rings. The van der Waals surface area contributed by atoms with Crippen LogP contribution < -0.4 is 5.32 Å². The van der Waals surface area contributed by atoms with Crippen LogP contribution in [0, 0.1) is 0 Å². The molecule has 118 valence electrons. The summed E-state index contributed by atoms with van der Waals surface area (Å²) in [7, 11) is 0. The highest BCUT2D eigenvalue weighted by Crippen LogP contribution is 2.28. The van der Waals surface area contributed by atoms with Crippen molar-refractivity contribution >= 4 is 46.4 Å². The highest BCUT2D eigenvalue weighted by atomic mass is 35.5. The minimum Gasteiger partial charge on any atom is -0.319 e. The molecule has 0 spiro atoms. The number of halogens is 2. The van der Waals surface area contributed by atoms with E-state index in [1.807, 2.05) is 53.4 Å². The van der Waals surface area contributed by atoms with Crippen LogP contribution in [0.15, 0.2) is 65.7 Å². The Labute approximate surface area is 150 Å². The molecule has 3 nitrogen and oxygen atoms in total. The Bertz CT molecular complexity index is 704. The van der Waals surface area contributed by atoms with Gasteiger partial charge in [-0.15, -0.1) is 0 Å². The van der Waals surface area contributed by atoms with Crippen LogP contribution in [0.25, 0.3) is 0 Å². The third-order valence-corrected chi connectivity index (χ3v) is 4.30. The minimum atomic E-state index is -0.738. The maximum atomic E-state index is 5.98. The van der Waals surface area contributed by atoms with Crippen molar-refractivity contribution < 1.29 is 0 Å². The molecule has 2 aromatic carbocycles. The standard InChI is InChI=1S/C17H15Cl2N3S/c18-14(19)15-20-16(13-9-5-2-6-10-13)22(17(23)21-15)11-12-7-3-1-4-8-12/h1-10,14,16H,11H2,(H,20,21,23). The Kier molecular flexibility index (Phi) is 5.16. The van der Waals surface area contributed by atoms with Gasteiger partial charge in [0.2, 0.25) is 0 Å². The number of nitrogens with zero attached hydrogens (tertiary/aromatic N) is 2. The minimum absolute atomic E-state index is 0.250. The maximum absolute atomic E-state index is 5.98. The third kappa shape index (κ3) is 3.83. The van der Waals surface area contributed by atoms with Crippen molar-refractivity contribution in [2.24, 2.45) is 4.99 Å². The van der Waals surface area contributed by atoms with Crippen molar-refractivity contribution in [1.82, 2.24) is 10.2 Å². The molecule has 2 aromatic rings. The predicted octanol–water partition coefficient (Wildman–Crippen LogP) is 4.28. The lowest BCUT2D eigenvalue weighted by molar-refractivity contribution is 0.308. The van der Waals surface area contributed by atoms with Gasteiger partial charge in [0.05, 0.1) is 0 Å². The topological polar surface area (TPSA) is 27.6 Å². The number of benzene rings is 2. The normalized spacial score (nSPS) is 17.9. The first-order valence-corrected chi connectivity index (χ1v) is 8.45. The molecule has 1 unspecified atom stereocenters. The van der Waals surface area contributed by atoms with Crippen LogP contribution in [-0.4, -0.2) is 20.7 Å². The predicted molar refractivity (Wildman–Crippen MR) is 99.8 cm³/mol. The summed E-state index contributed by atoms with van der Waals surface area (Å²) in [6.45, 7) is 0.651. The molecule has 0 bridgehead atoms. The van der Waals surface area contributed by atoms with E-state index in [2.05, 4.69) is 22.4 Å². The zero-order chi connectivity index (χ0) is 16.2. The van der Waals surface area contributed by atoms with Crippen molar-refractivity contribution in [2.75, 3.05) is 0 Å². The van der Waals surface area contributed by atoms with E-state index in [4.69, 9.17) is 35.4 Å². The molecular weight excluding hydrogens is 349 g/mol. The van der Waals surface area contributed by atoms with E-state index in [9.17, 15) is 0 Å². The fourth-order valence-corrected chi connectivity index (χ4v) is 2.95. The highest BCUT2D eigenvalue weighted by Gasteiger charge is 2.29. The summed E-state index contributed by atoms with van der Waals surface area (Å²) in [6, 6.07) is 20.1. The van der Waals surface area contributed by atoms with Gasteiger partial charge >= 0.3 is 0 Å². The van der Waals surface area contributed by atoms with E-state index < -0.39 is 4.84 Å². The number of thiocarbonyl (C=S) groups is 1. The zero-order valence-corrected chi connectivity index (χ0v) is 14.5. The van der Waals surface area contributed by atoms with E-state index in [1.165, 1.54) is 0 Å². The summed E-state index contributed by atoms with van der Waals surface area (Å²) in [5, 5.41) is 3.60. The Morgan fingerprint density at radius 2 is 1.65 bits per heavy atom. The Balaban J connectivity index is 1.96. The molecule has 0 aromatic heterocycles. The SMILES string of the molecule is S=C1NC(C(Cl)Cl)=NC(c2ccccc2)N1Cc1ccccc1. The van der Waals surface area contributed by atoms with E-state index in [1.54, 1.807) is 0 Å². The van der Waals surface area contributed by atoms with Gasteiger partial charge in [0.25, 0.3) is 0 Å². The van der Waals surface area contributed by atoms with Crippen molar-refractivity contribution in [1.29, 1.82) is 0 Å². The first-order chi connectivity index (χ1) is 11.1. The number of nitrogens with one attached hydrogen (secondary N) is 1. The molecule has 6 heteroatoms. The Hall–Kier alpha value is -1.62. The molecule has 1 heterocycles. The third-order valence-electron chi connectivity index (χ3n) is 3.55. The largest absolute Gasteiger partial charge is 0.319 e. The number of aliphatic imine (C=N–C) groups is 1. The molecule has 1 N–H and O–H groups in total. The van der Waals surface area contributed by atoms with Gasteiger partial charge in [0.15, 0.2) is 16.1 Å². The first-order valence-electron chi connectivity index (χ1n) is 7.17. The van der Waals surface area contributed by atoms with Crippen molar-refractivity contribution in [3.05, 3.63) is 71.8 Å². The van der Waals surface area contributed by atoms with E-state index in [0.717, 1.165) is 11.1 Å². The number of rotatable bonds is 4. The van der Waals surface area contributed by atoms with Gasteiger partial charge < -0.3 is 10.2 Å². The van der Waals surface area contributed by atoms with Crippen LogP contribution in [0.1, 0.15) is 17.3 Å². The monoisotopic (exact) mass is 363 g/mol. The molecule has 0 amide bonds. The number of hydrogen-bond acceptors (Lipinski definition) is 2.